The average molecular weight is 312 g/mol. The lowest BCUT2D eigenvalue weighted by molar-refractivity contribution is 1.08. The minimum absolute atomic E-state index is 0.0406. The highest BCUT2D eigenvalue weighted by atomic mass is 79.9. The van der Waals surface area contributed by atoms with E-state index in [0.717, 1.165) is 21.5 Å². The van der Waals surface area contributed by atoms with Crippen molar-refractivity contribution in [2.45, 2.75) is 12.3 Å². The molecule has 2 rings (SSSR count). The zero-order chi connectivity index (χ0) is 12.3. The molecule has 0 saturated carbocycles. The van der Waals surface area contributed by atoms with Crippen LogP contribution in [0.5, 0.6) is 0 Å². The molecular formula is C13H12BrClN2. The summed E-state index contributed by atoms with van der Waals surface area (Å²) >= 11 is 9.60. The first-order chi connectivity index (χ1) is 8.18. The van der Waals surface area contributed by atoms with Gasteiger partial charge >= 0.3 is 0 Å². The predicted molar refractivity (Wildman–Crippen MR) is 75.9 cm³/mol. The van der Waals surface area contributed by atoms with Gasteiger partial charge in [0.25, 0.3) is 0 Å². The number of nitrogens with one attached hydrogen (secondary N) is 1. The summed E-state index contributed by atoms with van der Waals surface area (Å²) in [6.07, 6.45) is 1.75. The second-order valence-electron chi connectivity index (χ2n) is 3.66. The van der Waals surface area contributed by atoms with E-state index in [1.807, 2.05) is 43.3 Å². The molecule has 0 spiro atoms. The largest absolute Gasteiger partial charge is 0.339 e. The molecule has 2 aromatic rings. The molecule has 1 aromatic heterocycles. The molecule has 0 bridgehead atoms. The smallest absolute Gasteiger partial charge is 0.144 e. The second kappa shape index (κ2) is 5.52. The summed E-state index contributed by atoms with van der Waals surface area (Å²) in [6, 6.07) is 11.8. The third-order valence-electron chi connectivity index (χ3n) is 2.40. The maximum Gasteiger partial charge on any atom is 0.144 e. The van der Waals surface area contributed by atoms with Crippen molar-refractivity contribution >= 4 is 39.0 Å². The first-order valence-electron chi connectivity index (χ1n) is 5.29. The molecule has 0 aliphatic carbocycles. The fraction of sp³-hybridized carbons (Fsp3) is 0.154. The minimum atomic E-state index is -0.0406. The van der Waals surface area contributed by atoms with E-state index in [4.69, 9.17) is 11.6 Å². The second-order valence-corrected chi connectivity index (χ2v) is 5.17. The molecule has 88 valence electrons. The van der Waals surface area contributed by atoms with Gasteiger partial charge in [0, 0.05) is 11.9 Å². The van der Waals surface area contributed by atoms with Gasteiger partial charge in [-0.2, -0.15) is 0 Å². The van der Waals surface area contributed by atoms with Crippen molar-refractivity contribution in [1.82, 2.24) is 4.98 Å². The molecule has 0 aliphatic heterocycles. The van der Waals surface area contributed by atoms with E-state index in [9.17, 15) is 0 Å². The summed E-state index contributed by atoms with van der Waals surface area (Å²) in [5, 5.41) is 3.24. The molecule has 0 saturated heterocycles. The number of hydrogen-bond acceptors (Lipinski definition) is 2. The van der Waals surface area contributed by atoms with Crippen LogP contribution in [0.4, 0.5) is 11.5 Å². The molecule has 1 aromatic carbocycles. The summed E-state index contributed by atoms with van der Waals surface area (Å²) in [5.41, 5.74) is 2.04. The summed E-state index contributed by atoms with van der Waals surface area (Å²) in [6.45, 7) is 1.95. The highest BCUT2D eigenvalue weighted by Crippen LogP contribution is 2.30. The third-order valence-corrected chi connectivity index (χ3v) is 3.28. The van der Waals surface area contributed by atoms with Crippen LogP contribution in [-0.2, 0) is 0 Å². The van der Waals surface area contributed by atoms with Gasteiger partial charge in [-0.15, -0.1) is 11.6 Å². The zero-order valence-electron chi connectivity index (χ0n) is 9.32. The van der Waals surface area contributed by atoms with Gasteiger partial charge in [0.05, 0.1) is 9.85 Å². The Hall–Kier alpha value is -1.06. The number of rotatable bonds is 3. The van der Waals surface area contributed by atoms with Gasteiger partial charge in [-0.05, 0) is 46.6 Å². The Morgan fingerprint density at radius 1 is 1.24 bits per heavy atom. The van der Waals surface area contributed by atoms with E-state index in [1.54, 1.807) is 6.20 Å². The van der Waals surface area contributed by atoms with Gasteiger partial charge in [-0.25, -0.2) is 4.98 Å². The zero-order valence-corrected chi connectivity index (χ0v) is 11.7. The maximum atomic E-state index is 6.14. The standard InChI is InChI=1S/C13H12BrClN2/c1-9(15)10-5-2-3-7-12(10)17-13-11(14)6-4-8-16-13/h2-9H,1H3,(H,16,17). The van der Waals surface area contributed by atoms with Gasteiger partial charge in [0.1, 0.15) is 5.82 Å². The molecule has 0 radical (unpaired) electrons. The molecule has 1 unspecified atom stereocenters. The molecule has 0 amide bonds. The molecule has 4 heteroatoms. The summed E-state index contributed by atoms with van der Waals surface area (Å²) in [5.74, 6) is 0.789. The van der Waals surface area contributed by atoms with Crippen molar-refractivity contribution in [3.63, 3.8) is 0 Å². The molecule has 1 atom stereocenters. The van der Waals surface area contributed by atoms with Crippen LogP contribution in [0.25, 0.3) is 0 Å². The van der Waals surface area contributed by atoms with E-state index in [-0.39, 0.29) is 5.38 Å². The Kier molecular flexibility index (Phi) is 4.02. The fourth-order valence-electron chi connectivity index (χ4n) is 1.56. The lowest BCUT2D eigenvalue weighted by atomic mass is 10.1. The highest BCUT2D eigenvalue weighted by molar-refractivity contribution is 9.10. The topological polar surface area (TPSA) is 24.9 Å². The maximum absolute atomic E-state index is 6.14. The van der Waals surface area contributed by atoms with Crippen LogP contribution >= 0.6 is 27.5 Å². The number of anilines is 2. The summed E-state index contributed by atoms with van der Waals surface area (Å²) in [7, 11) is 0. The Morgan fingerprint density at radius 2 is 2.00 bits per heavy atom. The van der Waals surface area contributed by atoms with Crippen LogP contribution in [0, 0.1) is 0 Å². The lowest BCUT2D eigenvalue weighted by Gasteiger charge is -2.13. The minimum Gasteiger partial charge on any atom is -0.339 e. The fourth-order valence-corrected chi connectivity index (χ4v) is 2.11. The number of hydrogen-bond donors (Lipinski definition) is 1. The van der Waals surface area contributed by atoms with Crippen molar-refractivity contribution < 1.29 is 0 Å². The van der Waals surface area contributed by atoms with Crippen LogP contribution in [-0.4, -0.2) is 4.98 Å². The predicted octanol–water partition coefficient (Wildman–Crippen LogP) is 4.89. The van der Waals surface area contributed by atoms with Crippen molar-refractivity contribution in [2.24, 2.45) is 0 Å². The summed E-state index contributed by atoms with van der Waals surface area (Å²) < 4.78 is 0.928. The molecule has 1 N–H and O–H groups in total. The first kappa shape index (κ1) is 12.4. The van der Waals surface area contributed by atoms with E-state index < -0.39 is 0 Å². The van der Waals surface area contributed by atoms with Crippen molar-refractivity contribution in [1.29, 1.82) is 0 Å². The van der Waals surface area contributed by atoms with E-state index in [2.05, 4.69) is 26.2 Å². The van der Waals surface area contributed by atoms with Crippen molar-refractivity contribution in [3.05, 3.63) is 52.6 Å². The monoisotopic (exact) mass is 310 g/mol. The van der Waals surface area contributed by atoms with E-state index in [0.29, 0.717) is 0 Å². The van der Waals surface area contributed by atoms with Crippen LogP contribution in [0.3, 0.4) is 0 Å². The molecule has 2 nitrogen and oxygen atoms in total. The van der Waals surface area contributed by atoms with Crippen molar-refractivity contribution in [3.8, 4) is 0 Å². The lowest BCUT2D eigenvalue weighted by Crippen LogP contribution is -1.98. The number of nitrogens with zero attached hydrogens (tertiary/aromatic N) is 1. The highest BCUT2D eigenvalue weighted by Gasteiger charge is 2.08. The Balaban J connectivity index is 2.34. The number of para-hydroxylation sites is 1. The number of alkyl halides is 1. The van der Waals surface area contributed by atoms with Crippen LogP contribution in [0.1, 0.15) is 17.9 Å². The van der Waals surface area contributed by atoms with Crippen molar-refractivity contribution in [2.75, 3.05) is 5.32 Å². The molecule has 17 heavy (non-hydrogen) atoms. The SMILES string of the molecule is CC(Cl)c1ccccc1Nc1ncccc1Br. The van der Waals surface area contributed by atoms with Gasteiger partial charge in [0.15, 0.2) is 0 Å². The number of pyridine rings is 1. The molecule has 1 heterocycles. The average Bonchev–Trinajstić information content (AvgIpc) is 2.32. The van der Waals surface area contributed by atoms with Gasteiger partial charge < -0.3 is 5.32 Å². The van der Waals surface area contributed by atoms with Crippen LogP contribution in [0.2, 0.25) is 0 Å². The first-order valence-corrected chi connectivity index (χ1v) is 6.52. The third kappa shape index (κ3) is 2.99. The van der Waals surface area contributed by atoms with Crippen LogP contribution < -0.4 is 5.32 Å². The quantitative estimate of drug-likeness (QED) is 0.817. The number of benzene rings is 1. The van der Waals surface area contributed by atoms with Gasteiger partial charge in [0.2, 0.25) is 0 Å². The summed E-state index contributed by atoms with van der Waals surface area (Å²) in [4.78, 5) is 4.27. The van der Waals surface area contributed by atoms with Crippen LogP contribution in [0.15, 0.2) is 47.1 Å². The van der Waals surface area contributed by atoms with Gasteiger partial charge in [-0.1, -0.05) is 18.2 Å². The van der Waals surface area contributed by atoms with E-state index in [1.165, 1.54) is 0 Å². The number of aromatic nitrogens is 1. The van der Waals surface area contributed by atoms with Gasteiger partial charge in [-0.3, -0.25) is 0 Å². The van der Waals surface area contributed by atoms with E-state index >= 15 is 0 Å². The Morgan fingerprint density at radius 3 is 2.71 bits per heavy atom. The Labute approximate surface area is 114 Å². The molecular weight excluding hydrogens is 300 g/mol. The Bertz CT molecular complexity index is 514. The normalized spacial score (nSPS) is 12.2. The molecule has 0 aliphatic rings. The molecule has 0 fully saturated rings. The number of halogens is 2.